The van der Waals surface area contributed by atoms with Crippen LogP contribution >= 0.6 is 11.8 Å². The number of hydrogen-bond acceptors (Lipinski definition) is 6. The first-order valence-corrected chi connectivity index (χ1v) is 10.2. The molecule has 0 bridgehead atoms. The smallest absolute Gasteiger partial charge is 0.334 e. The molecule has 2 heterocycles. The molecule has 6 nitrogen and oxygen atoms in total. The van der Waals surface area contributed by atoms with Gasteiger partial charge in [-0.05, 0) is 49.2 Å². The van der Waals surface area contributed by atoms with Crippen molar-refractivity contribution in [1.82, 2.24) is 0 Å². The number of hydrogen-bond donors (Lipinski definition) is 2. The highest BCUT2D eigenvalue weighted by molar-refractivity contribution is 7.99. The van der Waals surface area contributed by atoms with Gasteiger partial charge in [-0.25, -0.2) is 4.79 Å². The van der Waals surface area contributed by atoms with E-state index >= 15 is 0 Å². The third-order valence-electron chi connectivity index (χ3n) is 5.26. The second-order valence-electron chi connectivity index (χ2n) is 7.54. The fraction of sp³-hybridized carbons (Fsp3) is 0.381. The Morgan fingerprint density at radius 1 is 1.18 bits per heavy atom. The van der Waals surface area contributed by atoms with Crippen molar-refractivity contribution in [3.63, 3.8) is 0 Å². The SMILES string of the molecule is Cc1cc(N(C)C)cc2c1Nc1c(C)cc(N3CCOC(C(=O)O)C3)cc1S2. The zero-order valence-corrected chi connectivity index (χ0v) is 17.4. The van der Waals surface area contributed by atoms with Crippen molar-refractivity contribution in [2.24, 2.45) is 0 Å². The number of anilines is 4. The number of rotatable bonds is 3. The monoisotopic (exact) mass is 399 g/mol. The van der Waals surface area contributed by atoms with E-state index in [1.807, 2.05) is 0 Å². The van der Waals surface area contributed by atoms with Crippen LogP contribution in [-0.2, 0) is 9.53 Å². The van der Waals surface area contributed by atoms with Crippen LogP contribution in [0.5, 0.6) is 0 Å². The summed E-state index contributed by atoms with van der Waals surface area (Å²) in [5.74, 6) is -0.906. The Balaban J connectivity index is 1.68. The van der Waals surface area contributed by atoms with E-state index in [2.05, 4.69) is 67.3 Å². The summed E-state index contributed by atoms with van der Waals surface area (Å²) < 4.78 is 5.37. The molecule has 7 heteroatoms. The summed E-state index contributed by atoms with van der Waals surface area (Å²) in [4.78, 5) is 17.9. The van der Waals surface area contributed by atoms with Gasteiger partial charge in [-0.15, -0.1) is 0 Å². The molecule has 0 saturated carbocycles. The average molecular weight is 400 g/mol. The van der Waals surface area contributed by atoms with Gasteiger partial charge in [0, 0.05) is 41.8 Å². The van der Waals surface area contributed by atoms with E-state index in [9.17, 15) is 9.90 Å². The molecule has 148 valence electrons. The minimum atomic E-state index is -0.906. The summed E-state index contributed by atoms with van der Waals surface area (Å²) in [7, 11) is 4.10. The van der Waals surface area contributed by atoms with E-state index in [4.69, 9.17) is 4.74 Å². The molecule has 1 saturated heterocycles. The largest absolute Gasteiger partial charge is 0.479 e. The van der Waals surface area contributed by atoms with Crippen molar-refractivity contribution in [2.45, 2.75) is 29.7 Å². The molecule has 1 atom stereocenters. The zero-order valence-electron chi connectivity index (χ0n) is 16.6. The molecular formula is C21H25N3O3S. The van der Waals surface area contributed by atoms with Crippen LogP contribution in [0, 0.1) is 13.8 Å². The van der Waals surface area contributed by atoms with E-state index in [1.165, 1.54) is 16.1 Å². The average Bonchev–Trinajstić information content (AvgIpc) is 2.66. The fourth-order valence-electron chi connectivity index (χ4n) is 3.67. The topological polar surface area (TPSA) is 65.0 Å². The van der Waals surface area contributed by atoms with Crippen molar-refractivity contribution >= 4 is 40.5 Å². The van der Waals surface area contributed by atoms with Crippen molar-refractivity contribution in [2.75, 3.05) is 48.9 Å². The molecule has 2 aromatic rings. The number of benzene rings is 2. The second-order valence-corrected chi connectivity index (χ2v) is 8.62. The van der Waals surface area contributed by atoms with Crippen molar-refractivity contribution < 1.29 is 14.6 Å². The van der Waals surface area contributed by atoms with Gasteiger partial charge in [0.25, 0.3) is 0 Å². The number of ether oxygens (including phenoxy) is 1. The number of nitrogens with one attached hydrogen (secondary N) is 1. The van der Waals surface area contributed by atoms with Gasteiger partial charge in [-0.3, -0.25) is 0 Å². The molecule has 2 aliphatic rings. The molecule has 28 heavy (non-hydrogen) atoms. The second kappa shape index (κ2) is 7.22. The molecule has 0 radical (unpaired) electrons. The van der Waals surface area contributed by atoms with E-state index in [0.717, 1.165) is 27.5 Å². The maximum Gasteiger partial charge on any atom is 0.334 e. The standard InChI is InChI=1S/C21H25N3O3S/c1-12-7-14(23(3)4)9-17-19(12)22-20-13(2)8-15(10-18(20)28-17)24-5-6-27-16(11-24)21(25)26/h7-10,16,22H,5-6,11H2,1-4H3,(H,25,26). The summed E-state index contributed by atoms with van der Waals surface area (Å²) in [6.45, 7) is 5.72. The van der Waals surface area contributed by atoms with E-state index in [0.29, 0.717) is 19.7 Å². The minimum Gasteiger partial charge on any atom is -0.479 e. The van der Waals surface area contributed by atoms with Gasteiger partial charge in [0.15, 0.2) is 6.10 Å². The van der Waals surface area contributed by atoms with Crippen LogP contribution in [0.15, 0.2) is 34.1 Å². The lowest BCUT2D eigenvalue weighted by Crippen LogP contribution is -2.46. The Hall–Kier alpha value is -2.38. The molecule has 0 aromatic heterocycles. The molecule has 1 unspecified atom stereocenters. The molecule has 2 N–H and O–H groups in total. The summed E-state index contributed by atoms with van der Waals surface area (Å²) in [5, 5.41) is 12.9. The summed E-state index contributed by atoms with van der Waals surface area (Å²) in [6.07, 6.45) is -0.776. The molecule has 1 fully saturated rings. The van der Waals surface area contributed by atoms with Gasteiger partial charge in [-0.1, -0.05) is 11.8 Å². The summed E-state index contributed by atoms with van der Waals surface area (Å²) >= 11 is 1.76. The number of aliphatic carboxylic acids is 1. The number of carbonyl (C=O) groups is 1. The van der Waals surface area contributed by atoms with Crippen LogP contribution in [0.3, 0.4) is 0 Å². The summed E-state index contributed by atoms with van der Waals surface area (Å²) in [6, 6.07) is 8.69. The minimum absolute atomic E-state index is 0.367. The lowest BCUT2D eigenvalue weighted by atomic mass is 10.1. The Labute approximate surface area is 169 Å². The van der Waals surface area contributed by atoms with Gasteiger partial charge < -0.3 is 25.0 Å². The van der Waals surface area contributed by atoms with Gasteiger partial charge in [0.1, 0.15) is 0 Å². The maximum atomic E-state index is 11.3. The zero-order chi connectivity index (χ0) is 20.0. The Morgan fingerprint density at radius 2 is 1.86 bits per heavy atom. The quantitative estimate of drug-likeness (QED) is 0.693. The number of fused-ring (bicyclic) bond motifs is 2. The lowest BCUT2D eigenvalue weighted by molar-refractivity contribution is -0.150. The Kier molecular flexibility index (Phi) is 4.89. The van der Waals surface area contributed by atoms with Gasteiger partial charge in [0.05, 0.1) is 24.5 Å². The van der Waals surface area contributed by atoms with Gasteiger partial charge >= 0.3 is 5.97 Å². The molecular weight excluding hydrogens is 374 g/mol. The first kappa shape index (κ1) is 19.0. The highest BCUT2D eigenvalue weighted by Gasteiger charge is 2.28. The van der Waals surface area contributed by atoms with Crippen molar-refractivity contribution in [3.05, 3.63) is 35.4 Å². The molecule has 4 rings (SSSR count). The first-order valence-electron chi connectivity index (χ1n) is 9.34. The van der Waals surface area contributed by atoms with Crippen molar-refractivity contribution in [1.29, 1.82) is 0 Å². The molecule has 2 aromatic carbocycles. The highest BCUT2D eigenvalue weighted by Crippen LogP contribution is 2.49. The van der Waals surface area contributed by atoms with Crippen LogP contribution in [0.4, 0.5) is 22.7 Å². The van der Waals surface area contributed by atoms with E-state index in [1.54, 1.807) is 11.8 Å². The molecule has 0 amide bonds. The third-order valence-corrected chi connectivity index (χ3v) is 6.35. The first-order chi connectivity index (χ1) is 13.3. The Bertz CT molecular complexity index is 945. The highest BCUT2D eigenvalue weighted by atomic mass is 32.2. The van der Waals surface area contributed by atoms with Gasteiger partial charge in [0.2, 0.25) is 0 Å². The van der Waals surface area contributed by atoms with Crippen LogP contribution in [0.2, 0.25) is 0 Å². The molecule has 2 aliphatic heterocycles. The van der Waals surface area contributed by atoms with Gasteiger partial charge in [-0.2, -0.15) is 0 Å². The van der Waals surface area contributed by atoms with Crippen LogP contribution in [-0.4, -0.2) is 51.0 Å². The number of carboxylic acids is 1. The predicted octanol–water partition coefficient (Wildman–Crippen LogP) is 3.87. The molecule has 0 aliphatic carbocycles. The number of morpholine rings is 1. The molecule has 0 spiro atoms. The summed E-state index contributed by atoms with van der Waals surface area (Å²) in [5.41, 5.74) is 6.89. The number of aryl methyl sites for hydroxylation is 2. The fourth-order valence-corrected chi connectivity index (χ4v) is 4.90. The number of nitrogens with zero attached hydrogens (tertiary/aromatic N) is 2. The van der Waals surface area contributed by atoms with Crippen LogP contribution in [0.25, 0.3) is 0 Å². The number of carboxylic acid groups (broad SMARTS) is 1. The van der Waals surface area contributed by atoms with E-state index < -0.39 is 12.1 Å². The van der Waals surface area contributed by atoms with Crippen LogP contribution < -0.4 is 15.1 Å². The third kappa shape index (κ3) is 3.40. The lowest BCUT2D eigenvalue weighted by Gasteiger charge is -2.34. The van der Waals surface area contributed by atoms with E-state index in [-0.39, 0.29) is 0 Å². The van der Waals surface area contributed by atoms with Crippen LogP contribution in [0.1, 0.15) is 11.1 Å². The predicted molar refractivity (Wildman–Crippen MR) is 114 cm³/mol. The van der Waals surface area contributed by atoms with Crippen molar-refractivity contribution in [3.8, 4) is 0 Å². The normalized spacial score (nSPS) is 18.1. The maximum absolute atomic E-state index is 11.3. The Morgan fingerprint density at radius 3 is 2.54 bits per heavy atom.